The summed E-state index contributed by atoms with van der Waals surface area (Å²) < 4.78 is 1.59. The van der Waals surface area contributed by atoms with Crippen molar-refractivity contribution in [3.05, 3.63) is 53.5 Å². The van der Waals surface area contributed by atoms with Gasteiger partial charge in [0.2, 0.25) is 5.91 Å². The minimum absolute atomic E-state index is 0.148. The largest absolute Gasteiger partial charge is 0.321 e. The number of benzene rings is 1. The fourth-order valence-electron chi connectivity index (χ4n) is 3.35. The summed E-state index contributed by atoms with van der Waals surface area (Å²) in [7, 11) is 1.76. The number of rotatable bonds is 4. The summed E-state index contributed by atoms with van der Waals surface area (Å²) in [5.74, 6) is -0.0681. The molecule has 1 atom stereocenters. The van der Waals surface area contributed by atoms with Crippen molar-refractivity contribution in [2.45, 2.75) is 25.8 Å². The minimum Gasteiger partial charge on any atom is -0.321 e. The first-order chi connectivity index (χ1) is 13.0. The number of aromatic nitrogens is 2. The summed E-state index contributed by atoms with van der Waals surface area (Å²) in [6, 6.07) is 13.3. The van der Waals surface area contributed by atoms with Crippen LogP contribution >= 0.6 is 11.3 Å². The van der Waals surface area contributed by atoms with Crippen molar-refractivity contribution in [3.8, 4) is 10.6 Å². The van der Waals surface area contributed by atoms with Crippen molar-refractivity contribution >= 4 is 34.5 Å². The fourth-order valence-corrected chi connectivity index (χ4v) is 4.03. The van der Waals surface area contributed by atoms with Crippen LogP contribution < -0.4 is 10.2 Å². The smallest absolute Gasteiger partial charge is 0.273 e. The van der Waals surface area contributed by atoms with Gasteiger partial charge in [0, 0.05) is 30.9 Å². The molecule has 0 radical (unpaired) electrons. The van der Waals surface area contributed by atoms with Crippen LogP contribution in [0.1, 0.15) is 30.3 Å². The SMILES string of the molecule is CC1CCC(=O)N1c1ccc(NC(=O)c2cc(-c3cccs3)nn2C)cc1. The lowest BCUT2D eigenvalue weighted by Crippen LogP contribution is -2.30. The number of hydrogen-bond acceptors (Lipinski definition) is 4. The van der Waals surface area contributed by atoms with E-state index < -0.39 is 0 Å². The number of nitrogens with one attached hydrogen (secondary N) is 1. The number of thiophene rings is 1. The predicted molar refractivity (Wildman–Crippen MR) is 107 cm³/mol. The lowest BCUT2D eigenvalue weighted by molar-refractivity contribution is -0.117. The van der Waals surface area contributed by atoms with E-state index >= 15 is 0 Å². The molecule has 3 aromatic rings. The van der Waals surface area contributed by atoms with Gasteiger partial charge >= 0.3 is 0 Å². The topological polar surface area (TPSA) is 67.2 Å². The summed E-state index contributed by atoms with van der Waals surface area (Å²) in [4.78, 5) is 27.5. The highest BCUT2D eigenvalue weighted by Gasteiger charge is 2.28. The van der Waals surface area contributed by atoms with Crippen LogP contribution in [0.4, 0.5) is 11.4 Å². The van der Waals surface area contributed by atoms with Crippen LogP contribution in [-0.2, 0) is 11.8 Å². The highest BCUT2D eigenvalue weighted by Crippen LogP contribution is 2.28. The van der Waals surface area contributed by atoms with Crippen LogP contribution in [0.15, 0.2) is 47.8 Å². The Bertz CT molecular complexity index is 976. The molecule has 1 aliphatic rings. The fraction of sp³-hybridized carbons (Fsp3) is 0.250. The standard InChI is InChI=1S/C20H20N4O2S/c1-13-5-10-19(25)24(13)15-8-6-14(7-9-15)21-20(26)17-12-16(22-23(17)2)18-4-3-11-27-18/h3-4,6-9,11-13H,5,10H2,1-2H3,(H,21,26). The second-order valence-electron chi connectivity index (χ2n) is 6.67. The molecule has 1 aromatic carbocycles. The van der Waals surface area contributed by atoms with E-state index in [1.807, 2.05) is 53.6 Å². The van der Waals surface area contributed by atoms with Crippen molar-refractivity contribution in [1.29, 1.82) is 0 Å². The summed E-state index contributed by atoms with van der Waals surface area (Å²) in [6.45, 7) is 2.05. The average Bonchev–Trinajstić information content (AvgIpc) is 3.37. The van der Waals surface area contributed by atoms with E-state index in [-0.39, 0.29) is 17.9 Å². The first-order valence-corrected chi connectivity index (χ1v) is 9.72. The molecule has 1 unspecified atom stereocenters. The van der Waals surface area contributed by atoms with Gasteiger partial charge in [-0.15, -0.1) is 11.3 Å². The van der Waals surface area contributed by atoms with Crippen LogP contribution in [0.25, 0.3) is 10.6 Å². The Morgan fingerprint density at radius 1 is 1.26 bits per heavy atom. The highest BCUT2D eigenvalue weighted by molar-refractivity contribution is 7.13. The van der Waals surface area contributed by atoms with Crippen LogP contribution in [0.2, 0.25) is 0 Å². The molecule has 1 fully saturated rings. The van der Waals surface area contributed by atoms with Gasteiger partial charge in [0.25, 0.3) is 5.91 Å². The molecule has 2 amide bonds. The molecular formula is C20H20N4O2S. The maximum absolute atomic E-state index is 12.6. The molecule has 1 aliphatic heterocycles. The Kier molecular flexibility index (Phi) is 4.53. The maximum atomic E-state index is 12.6. The lowest BCUT2D eigenvalue weighted by atomic mass is 10.2. The van der Waals surface area contributed by atoms with E-state index in [0.29, 0.717) is 17.8 Å². The molecule has 2 aromatic heterocycles. The zero-order valence-electron chi connectivity index (χ0n) is 15.2. The van der Waals surface area contributed by atoms with Crippen LogP contribution in [0, 0.1) is 0 Å². The van der Waals surface area contributed by atoms with Crippen molar-refractivity contribution in [2.24, 2.45) is 7.05 Å². The van der Waals surface area contributed by atoms with Crippen molar-refractivity contribution in [2.75, 3.05) is 10.2 Å². The third-order valence-corrected chi connectivity index (χ3v) is 5.67. The molecule has 138 valence electrons. The molecule has 7 heteroatoms. The van der Waals surface area contributed by atoms with Crippen molar-refractivity contribution in [3.63, 3.8) is 0 Å². The van der Waals surface area contributed by atoms with Crippen LogP contribution in [-0.4, -0.2) is 27.6 Å². The Morgan fingerprint density at radius 3 is 2.67 bits per heavy atom. The predicted octanol–water partition coefficient (Wildman–Crippen LogP) is 3.92. The van der Waals surface area contributed by atoms with Gasteiger partial charge < -0.3 is 10.2 Å². The van der Waals surface area contributed by atoms with E-state index in [9.17, 15) is 9.59 Å². The molecule has 3 heterocycles. The second kappa shape index (κ2) is 7.00. The number of aryl methyl sites for hydroxylation is 1. The lowest BCUT2D eigenvalue weighted by Gasteiger charge is -2.21. The van der Waals surface area contributed by atoms with Gasteiger partial charge in [-0.3, -0.25) is 14.3 Å². The summed E-state index contributed by atoms with van der Waals surface area (Å²) in [5, 5.41) is 9.30. The van der Waals surface area contributed by atoms with Gasteiger partial charge in [-0.1, -0.05) is 6.07 Å². The third kappa shape index (κ3) is 3.38. The molecule has 6 nitrogen and oxygen atoms in total. The van der Waals surface area contributed by atoms with Crippen molar-refractivity contribution in [1.82, 2.24) is 9.78 Å². The molecule has 0 spiro atoms. The van der Waals surface area contributed by atoms with Crippen molar-refractivity contribution < 1.29 is 9.59 Å². The number of carbonyl (C=O) groups is 2. The Hall–Kier alpha value is -2.93. The summed E-state index contributed by atoms with van der Waals surface area (Å²) >= 11 is 1.59. The van der Waals surface area contributed by atoms with Gasteiger partial charge in [0.05, 0.1) is 4.88 Å². The number of amides is 2. The quantitative estimate of drug-likeness (QED) is 0.746. The monoisotopic (exact) mass is 380 g/mol. The number of carbonyl (C=O) groups excluding carboxylic acids is 2. The summed E-state index contributed by atoms with van der Waals surface area (Å²) in [5.41, 5.74) is 2.82. The Morgan fingerprint density at radius 2 is 2.04 bits per heavy atom. The highest BCUT2D eigenvalue weighted by atomic mass is 32.1. The van der Waals surface area contributed by atoms with Gasteiger partial charge in [0.1, 0.15) is 11.4 Å². The zero-order chi connectivity index (χ0) is 19.0. The van der Waals surface area contributed by atoms with Crippen LogP contribution in [0.5, 0.6) is 0 Å². The van der Waals surface area contributed by atoms with E-state index in [1.54, 1.807) is 29.1 Å². The van der Waals surface area contributed by atoms with E-state index in [4.69, 9.17) is 0 Å². The molecule has 0 saturated carbocycles. The first kappa shape index (κ1) is 17.5. The average molecular weight is 380 g/mol. The van der Waals surface area contributed by atoms with E-state index in [1.165, 1.54) is 0 Å². The van der Waals surface area contributed by atoms with Gasteiger partial charge in [-0.25, -0.2) is 0 Å². The Balaban J connectivity index is 1.49. The second-order valence-corrected chi connectivity index (χ2v) is 7.62. The molecule has 4 rings (SSSR count). The Labute approximate surface area is 161 Å². The zero-order valence-corrected chi connectivity index (χ0v) is 16.0. The normalized spacial score (nSPS) is 16.7. The van der Waals surface area contributed by atoms with E-state index in [2.05, 4.69) is 10.4 Å². The first-order valence-electron chi connectivity index (χ1n) is 8.84. The van der Waals surface area contributed by atoms with Crippen LogP contribution in [0.3, 0.4) is 0 Å². The molecule has 0 aliphatic carbocycles. The van der Waals surface area contributed by atoms with E-state index in [0.717, 1.165) is 22.7 Å². The summed E-state index contributed by atoms with van der Waals surface area (Å²) in [6.07, 6.45) is 1.47. The number of anilines is 2. The van der Waals surface area contributed by atoms with Gasteiger partial charge in [0.15, 0.2) is 0 Å². The number of nitrogens with zero attached hydrogens (tertiary/aromatic N) is 3. The number of hydrogen-bond donors (Lipinski definition) is 1. The minimum atomic E-state index is -0.217. The third-order valence-electron chi connectivity index (χ3n) is 4.77. The molecule has 1 saturated heterocycles. The van der Waals surface area contributed by atoms with Gasteiger partial charge in [-0.2, -0.15) is 5.10 Å². The molecule has 1 N–H and O–H groups in total. The van der Waals surface area contributed by atoms with Gasteiger partial charge in [-0.05, 0) is 55.1 Å². The molecule has 0 bridgehead atoms. The molecular weight excluding hydrogens is 360 g/mol. The maximum Gasteiger partial charge on any atom is 0.273 e. The molecule has 27 heavy (non-hydrogen) atoms.